The summed E-state index contributed by atoms with van der Waals surface area (Å²) in [5.41, 5.74) is 2.27. The van der Waals surface area contributed by atoms with Gasteiger partial charge in [-0.2, -0.15) is 4.31 Å². The minimum atomic E-state index is -3.67. The quantitative estimate of drug-likeness (QED) is 0.838. The van der Waals surface area contributed by atoms with E-state index in [9.17, 15) is 8.42 Å². The van der Waals surface area contributed by atoms with Gasteiger partial charge in [-0.25, -0.2) is 8.42 Å². The van der Waals surface area contributed by atoms with Crippen LogP contribution in [0.2, 0.25) is 0 Å². The average Bonchev–Trinajstić information content (AvgIpc) is 2.92. The number of benzene rings is 1. The van der Waals surface area contributed by atoms with E-state index >= 15 is 0 Å². The molecule has 0 amide bonds. The second-order valence-corrected chi connectivity index (χ2v) is 7.58. The number of aromatic nitrogens is 1. The van der Waals surface area contributed by atoms with Crippen LogP contribution in [0.15, 0.2) is 21.6 Å². The Hall–Kier alpha value is -2.06. The molecule has 0 N–H and O–H groups in total. The number of aryl methyl sites for hydroxylation is 2. The highest BCUT2D eigenvalue weighted by atomic mass is 32.2. The number of ether oxygens (including phenoxy) is 2. The molecule has 24 heavy (non-hydrogen) atoms. The molecule has 0 saturated carbocycles. The van der Waals surface area contributed by atoms with Crippen LogP contribution >= 0.6 is 0 Å². The maximum Gasteiger partial charge on any atom is 0.248 e. The van der Waals surface area contributed by atoms with Crippen molar-refractivity contribution in [2.45, 2.75) is 31.7 Å². The third-order valence-electron chi connectivity index (χ3n) is 4.26. The monoisotopic (exact) mass is 352 g/mol. The van der Waals surface area contributed by atoms with Crippen LogP contribution in [-0.4, -0.2) is 38.6 Å². The fourth-order valence-electron chi connectivity index (χ4n) is 3.06. The van der Waals surface area contributed by atoms with Crippen molar-refractivity contribution in [3.63, 3.8) is 0 Å². The van der Waals surface area contributed by atoms with Crippen molar-refractivity contribution in [1.82, 2.24) is 9.46 Å². The van der Waals surface area contributed by atoms with Gasteiger partial charge in [0.1, 0.15) is 22.1 Å². The van der Waals surface area contributed by atoms with Crippen LogP contribution in [-0.2, 0) is 23.0 Å². The Balaban J connectivity index is 2.01. The zero-order chi connectivity index (χ0) is 17.5. The van der Waals surface area contributed by atoms with E-state index in [1.165, 1.54) is 4.31 Å². The molecule has 2 heterocycles. The van der Waals surface area contributed by atoms with E-state index in [4.69, 9.17) is 14.0 Å². The van der Waals surface area contributed by atoms with Crippen LogP contribution in [0.5, 0.6) is 11.5 Å². The minimum Gasteiger partial charge on any atom is -0.497 e. The lowest BCUT2D eigenvalue weighted by molar-refractivity contribution is 0.356. The van der Waals surface area contributed by atoms with Crippen LogP contribution in [0.4, 0.5) is 0 Å². The Morgan fingerprint density at radius 3 is 2.54 bits per heavy atom. The minimum absolute atomic E-state index is 0.151. The third-order valence-corrected chi connectivity index (χ3v) is 6.35. The fraction of sp³-hybridized carbons (Fsp3) is 0.438. The fourth-order valence-corrected chi connectivity index (χ4v) is 4.76. The van der Waals surface area contributed by atoms with Gasteiger partial charge in [0.05, 0.1) is 14.2 Å². The predicted octanol–water partition coefficient (Wildman–Crippen LogP) is 2.06. The first-order valence-electron chi connectivity index (χ1n) is 7.55. The molecule has 2 aromatic rings. The van der Waals surface area contributed by atoms with Gasteiger partial charge in [0.15, 0.2) is 5.76 Å². The standard InChI is InChI=1S/C16H20N2O5S/c1-10-16(11(2)23-17-10)24(19,20)18-6-5-12-7-13(21-3)8-15(22-4)14(12)9-18/h7-8H,5-6,9H2,1-4H3. The van der Waals surface area contributed by atoms with Crippen LogP contribution in [0.1, 0.15) is 22.6 Å². The Morgan fingerprint density at radius 1 is 1.21 bits per heavy atom. The molecule has 3 rings (SSSR count). The second-order valence-electron chi connectivity index (χ2n) is 5.71. The predicted molar refractivity (Wildman–Crippen MR) is 86.8 cm³/mol. The zero-order valence-electron chi connectivity index (χ0n) is 14.1. The molecule has 0 atom stereocenters. The van der Waals surface area contributed by atoms with Gasteiger partial charge in [0, 0.05) is 24.7 Å². The number of fused-ring (bicyclic) bond motifs is 1. The summed E-state index contributed by atoms with van der Waals surface area (Å²) in [5, 5.41) is 3.76. The van der Waals surface area contributed by atoms with E-state index in [1.807, 2.05) is 6.07 Å². The van der Waals surface area contributed by atoms with Crippen molar-refractivity contribution < 1.29 is 22.4 Å². The molecule has 0 spiro atoms. The highest BCUT2D eigenvalue weighted by Crippen LogP contribution is 2.35. The van der Waals surface area contributed by atoms with Crippen LogP contribution in [0, 0.1) is 13.8 Å². The van der Waals surface area contributed by atoms with Gasteiger partial charge >= 0.3 is 0 Å². The highest BCUT2D eigenvalue weighted by molar-refractivity contribution is 7.89. The first kappa shape index (κ1) is 16.8. The van der Waals surface area contributed by atoms with Gasteiger partial charge in [-0.1, -0.05) is 5.16 Å². The van der Waals surface area contributed by atoms with E-state index in [-0.39, 0.29) is 11.4 Å². The summed E-state index contributed by atoms with van der Waals surface area (Å²) >= 11 is 0. The van der Waals surface area contributed by atoms with E-state index in [1.54, 1.807) is 34.1 Å². The molecular formula is C16H20N2O5S. The van der Waals surface area contributed by atoms with Crippen LogP contribution in [0.25, 0.3) is 0 Å². The lowest BCUT2D eigenvalue weighted by atomic mass is 9.99. The molecule has 8 heteroatoms. The molecule has 7 nitrogen and oxygen atoms in total. The number of methoxy groups -OCH3 is 2. The molecule has 1 aromatic carbocycles. The van der Waals surface area contributed by atoms with Crippen molar-refractivity contribution in [1.29, 1.82) is 0 Å². The number of rotatable bonds is 4. The summed E-state index contributed by atoms with van der Waals surface area (Å²) in [6.45, 7) is 3.87. The molecule has 130 valence electrons. The molecule has 1 aromatic heterocycles. The molecule has 0 aliphatic carbocycles. The van der Waals surface area contributed by atoms with Crippen molar-refractivity contribution in [3.05, 3.63) is 34.7 Å². The molecule has 0 bridgehead atoms. The molecule has 0 saturated heterocycles. The van der Waals surface area contributed by atoms with Crippen LogP contribution in [0.3, 0.4) is 0 Å². The SMILES string of the molecule is COc1cc2c(c(OC)c1)CN(S(=O)(=O)c1c(C)noc1C)CC2. The largest absolute Gasteiger partial charge is 0.497 e. The summed E-state index contributed by atoms with van der Waals surface area (Å²) in [7, 11) is -0.511. The molecular weight excluding hydrogens is 332 g/mol. The first-order chi connectivity index (χ1) is 11.4. The summed E-state index contributed by atoms with van der Waals surface area (Å²) in [4.78, 5) is 0.151. The Labute approximate surface area is 141 Å². The number of hydrogen-bond donors (Lipinski definition) is 0. The van der Waals surface area contributed by atoms with Gasteiger partial charge in [0.25, 0.3) is 0 Å². The molecule has 0 unspecified atom stereocenters. The van der Waals surface area contributed by atoms with Crippen molar-refractivity contribution in [2.75, 3.05) is 20.8 Å². The van der Waals surface area contributed by atoms with E-state index in [2.05, 4.69) is 5.16 Å². The topological polar surface area (TPSA) is 81.9 Å². The van der Waals surface area contributed by atoms with Gasteiger partial charge in [-0.05, 0) is 31.9 Å². The van der Waals surface area contributed by atoms with Gasteiger partial charge in [0.2, 0.25) is 10.0 Å². The second kappa shape index (κ2) is 6.10. The van der Waals surface area contributed by atoms with E-state index < -0.39 is 10.0 Å². The lowest BCUT2D eigenvalue weighted by Crippen LogP contribution is -2.36. The maximum atomic E-state index is 13.0. The van der Waals surface area contributed by atoms with E-state index in [0.29, 0.717) is 35.9 Å². The molecule has 0 radical (unpaired) electrons. The van der Waals surface area contributed by atoms with Crippen molar-refractivity contribution in [2.24, 2.45) is 0 Å². The van der Waals surface area contributed by atoms with Crippen molar-refractivity contribution >= 4 is 10.0 Å². The number of sulfonamides is 1. The molecule has 0 fully saturated rings. The zero-order valence-corrected chi connectivity index (χ0v) is 14.9. The number of nitrogens with zero attached hydrogens (tertiary/aromatic N) is 2. The summed E-state index contributed by atoms with van der Waals surface area (Å²) in [5.74, 6) is 1.63. The summed E-state index contributed by atoms with van der Waals surface area (Å²) in [6, 6.07) is 3.70. The average molecular weight is 352 g/mol. The lowest BCUT2D eigenvalue weighted by Gasteiger charge is -2.29. The Kier molecular flexibility index (Phi) is 4.27. The smallest absolute Gasteiger partial charge is 0.248 e. The summed E-state index contributed by atoms with van der Waals surface area (Å²) < 4.78 is 43.1. The molecule has 1 aliphatic heterocycles. The maximum absolute atomic E-state index is 13.0. The van der Waals surface area contributed by atoms with Crippen LogP contribution < -0.4 is 9.47 Å². The van der Waals surface area contributed by atoms with Gasteiger partial charge in [-0.15, -0.1) is 0 Å². The third kappa shape index (κ3) is 2.65. The van der Waals surface area contributed by atoms with Crippen molar-refractivity contribution in [3.8, 4) is 11.5 Å². The normalized spacial score (nSPS) is 15.2. The molecule has 1 aliphatic rings. The van der Waals surface area contributed by atoms with Gasteiger partial charge < -0.3 is 14.0 Å². The summed E-state index contributed by atoms with van der Waals surface area (Å²) in [6.07, 6.45) is 0.589. The Morgan fingerprint density at radius 2 is 1.96 bits per heavy atom. The van der Waals surface area contributed by atoms with Gasteiger partial charge in [-0.3, -0.25) is 0 Å². The highest BCUT2D eigenvalue weighted by Gasteiger charge is 2.34. The number of hydrogen-bond acceptors (Lipinski definition) is 6. The first-order valence-corrected chi connectivity index (χ1v) is 8.99. The van der Waals surface area contributed by atoms with E-state index in [0.717, 1.165) is 11.1 Å². The Bertz CT molecular complexity index is 836.